The molecule has 100 valence electrons. The van der Waals surface area contributed by atoms with Gasteiger partial charge >= 0.3 is 0 Å². The van der Waals surface area contributed by atoms with E-state index in [9.17, 15) is 4.39 Å². The first-order valence-corrected chi connectivity index (χ1v) is 5.92. The summed E-state index contributed by atoms with van der Waals surface area (Å²) in [4.78, 5) is 8.23. The van der Waals surface area contributed by atoms with Crippen LogP contribution in [0, 0.1) is 12.7 Å². The third-order valence-electron chi connectivity index (χ3n) is 2.80. The Morgan fingerprint density at radius 2 is 2.16 bits per heavy atom. The van der Waals surface area contributed by atoms with Crippen molar-refractivity contribution in [1.29, 1.82) is 0 Å². The van der Waals surface area contributed by atoms with Crippen molar-refractivity contribution in [3.63, 3.8) is 0 Å². The van der Waals surface area contributed by atoms with Crippen LogP contribution in [-0.4, -0.2) is 9.97 Å². The number of nitrogen functional groups attached to an aromatic ring is 1. The van der Waals surface area contributed by atoms with Crippen molar-refractivity contribution in [1.82, 2.24) is 9.97 Å². The summed E-state index contributed by atoms with van der Waals surface area (Å²) in [6.07, 6.45) is 1.67. The molecule has 1 atom stereocenters. The van der Waals surface area contributed by atoms with E-state index in [-0.39, 0.29) is 11.9 Å². The molecule has 0 spiro atoms. The zero-order valence-corrected chi connectivity index (χ0v) is 10.8. The van der Waals surface area contributed by atoms with Crippen LogP contribution in [0.4, 0.5) is 16.2 Å². The molecule has 4 N–H and O–H groups in total. The van der Waals surface area contributed by atoms with Crippen LogP contribution in [0.25, 0.3) is 0 Å². The molecule has 0 amide bonds. The number of nitrogens with one attached hydrogen (secondary N) is 2. The van der Waals surface area contributed by atoms with Crippen molar-refractivity contribution in [3.8, 4) is 0 Å². The van der Waals surface area contributed by atoms with Crippen molar-refractivity contribution >= 4 is 11.8 Å². The van der Waals surface area contributed by atoms with Gasteiger partial charge < -0.3 is 5.32 Å². The van der Waals surface area contributed by atoms with Crippen LogP contribution >= 0.6 is 0 Å². The molecule has 1 aromatic carbocycles. The van der Waals surface area contributed by atoms with Crippen molar-refractivity contribution in [2.45, 2.75) is 19.9 Å². The van der Waals surface area contributed by atoms with E-state index in [4.69, 9.17) is 5.84 Å². The Labute approximate surface area is 111 Å². The van der Waals surface area contributed by atoms with E-state index in [1.54, 1.807) is 12.3 Å². The smallest absolute Gasteiger partial charge is 0.239 e. The molecule has 1 unspecified atom stereocenters. The summed E-state index contributed by atoms with van der Waals surface area (Å²) in [5.74, 6) is 6.02. The van der Waals surface area contributed by atoms with Gasteiger partial charge in [-0.2, -0.15) is 4.98 Å². The van der Waals surface area contributed by atoms with Gasteiger partial charge in [0.2, 0.25) is 5.95 Å². The van der Waals surface area contributed by atoms with Crippen LogP contribution in [0.1, 0.15) is 24.1 Å². The van der Waals surface area contributed by atoms with Gasteiger partial charge in [0.05, 0.1) is 6.04 Å². The minimum absolute atomic E-state index is 0.0741. The molecule has 0 bridgehead atoms. The molecule has 0 saturated heterocycles. The Kier molecular flexibility index (Phi) is 3.91. The molecule has 19 heavy (non-hydrogen) atoms. The zero-order chi connectivity index (χ0) is 13.8. The Morgan fingerprint density at radius 1 is 1.37 bits per heavy atom. The molecular weight excluding hydrogens is 245 g/mol. The van der Waals surface area contributed by atoms with Crippen LogP contribution in [-0.2, 0) is 0 Å². The second-order valence-electron chi connectivity index (χ2n) is 4.29. The summed E-state index contributed by atoms with van der Waals surface area (Å²) in [5, 5.41) is 3.22. The van der Waals surface area contributed by atoms with E-state index in [2.05, 4.69) is 20.7 Å². The van der Waals surface area contributed by atoms with Crippen molar-refractivity contribution < 1.29 is 4.39 Å². The fourth-order valence-electron chi connectivity index (χ4n) is 1.72. The highest BCUT2D eigenvalue weighted by Gasteiger charge is 2.09. The maximum Gasteiger partial charge on any atom is 0.239 e. The number of rotatable bonds is 4. The van der Waals surface area contributed by atoms with E-state index >= 15 is 0 Å². The first-order chi connectivity index (χ1) is 9.10. The molecule has 0 radical (unpaired) electrons. The maximum absolute atomic E-state index is 13.2. The standard InChI is InChI=1S/C13H16FN5/c1-8-7-16-13(19-15)18-12(8)17-9(2)10-4-3-5-11(14)6-10/h3-7,9H,15H2,1-2H3,(H2,16,17,18,19). The number of aromatic nitrogens is 2. The van der Waals surface area contributed by atoms with E-state index < -0.39 is 0 Å². The molecule has 1 aromatic heterocycles. The lowest BCUT2D eigenvalue weighted by Crippen LogP contribution is -2.14. The number of hydrogen-bond donors (Lipinski definition) is 3. The number of aryl methyl sites for hydroxylation is 1. The molecule has 2 aromatic rings. The minimum atomic E-state index is -0.255. The number of hydrogen-bond acceptors (Lipinski definition) is 5. The largest absolute Gasteiger partial charge is 0.363 e. The molecule has 0 aliphatic heterocycles. The Morgan fingerprint density at radius 3 is 2.84 bits per heavy atom. The number of nitrogens with zero attached hydrogens (tertiary/aromatic N) is 2. The van der Waals surface area contributed by atoms with Gasteiger partial charge in [-0.15, -0.1) is 0 Å². The number of halogens is 1. The quantitative estimate of drug-likeness (QED) is 0.582. The second-order valence-corrected chi connectivity index (χ2v) is 4.29. The van der Waals surface area contributed by atoms with E-state index in [1.165, 1.54) is 12.1 Å². The van der Waals surface area contributed by atoms with Gasteiger partial charge in [0.1, 0.15) is 11.6 Å². The molecule has 0 saturated carbocycles. The van der Waals surface area contributed by atoms with Crippen LogP contribution in [0.2, 0.25) is 0 Å². The number of nitrogens with two attached hydrogens (primary N) is 1. The second kappa shape index (κ2) is 5.62. The summed E-state index contributed by atoms with van der Waals surface area (Å²) >= 11 is 0. The lowest BCUT2D eigenvalue weighted by atomic mass is 10.1. The Balaban J connectivity index is 2.21. The molecular formula is C13H16FN5. The van der Waals surface area contributed by atoms with Gasteiger partial charge in [-0.1, -0.05) is 12.1 Å². The first-order valence-electron chi connectivity index (χ1n) is 5.92. The van der Waals surface area contributed by atoms with Crippen molar-refractivity contribution in [3.05, 3.63) is 47.4 Å². The van der Waals surface area contributed by atoms with Crippen molar-refractivity contribution in [2.24, 2.45) is 5.84 Å². The normalized spacial score (nSPS) is 12.0. The molecule has 5 nitrogen and oxygen atoms in total. The third-order valence-corrected chi connectivity index (χ3v) is 2.80. The molecule has 1 heterocycles. The predicted molar refractivity (Wildman–Crippen MR) is 73.0 cm³/mol. The topological polar surface area (TPSA) is 75.9 Å². The highest BCUT2D eigenvalue weighted by molar-refractivity contribution is 5.47. The minimum Gasteiger partial charge on any atom is -0.363 e. The van der Waals surface area contributed by atoms with E-state index in [0.29, 0.717) is 11.8 Å². The van der Waals surface area contributed by atoms with Crippen LogP contribution < -0.4 is 16.6 Å². The number of hydrazine groups is 1. The molecule has 0 aliphatic carbocycles. The fraction of sp³-hybridized carbons (Fsp3) is 0.231. The Hall–Kier alpha value is -2.21. The summed E-state index contributed by atoms with van der Waals surface area (Å²) < 4.78 is 13.2. The van der Waals surface area contributed by atoms with Gasteiger partial charge in [0.25, 0.3) is 0 Å². The zero-order valence-electron chi connectivity index (χ0n) is 10.8. The SMILES string of the molecule is Cc1cnc(NN)nc1NC(C)c1cccc(F)c1. The van der Waals surface area contributed by atoms with E-state index in [1.807, 2.05) is 19.9 Å². The predicted octanol–water partition coefficient (Wildman–Crippen LogP) is 2.38. The average molecular weight is 261 g/mol. The Bertz CT molecular complexity index is 573. The first kappa shape index (κ1) is 13.2. The monoisotopic (exact) mass is 261 g/mol. The maximum atomic E-state index is 13.2. The molecule has 6 heteroatoms. The summed E-state index contributed by atoms with van der Waals surface area (Å²) in [7, 11) is 0. The van der Waals surface area contributed by atoms with Gasteiger partial charge in [0, 0.05) is 11.8 Å². The molecule has 0 aliphatic rings. The van der Waals surface area contributed by atoms with Crippen molar-refractivity contribution in [2.75, 3.05) is 10.7 Å². The lowest BCUT2D eigenvalue weighted by Gasteiger charge is -2.17. The van der Waals surface area contributed by atoms with Gasteiger partial charge in [-0.3, -0.25) is 5.43 Å². The molecule has 0 fully saturated rings. The van der Waals surface area contributed by atoms with Crippen LogP contribution in [0.5, 0.6) is 0 Å². The highest BCUT2D eigenvalue weighted by atomic mass is 19.1. The van der Waals surface area contributed by atoms with E-state index in [0.717, 1.165) is 11.1 Å². The van der Waals surface area contributed by atoms with Gasteiger partial charge in [-0.25, -0.2) is 15.2 Å². The summed E-state index contributed by atoms with van der Waals surface area (Å²) in [6, 6.07) is 6.38. The number of benzene rings is 1. The highest BCUT2D eigenvalue weighted by Crippen LogP contribution is 2.21. The third kappa shape index (κ3) is 3.17. The van der Waals surface area contributed by atoms with Gasteiger partial charge in [0.15, 0.2) is 0 Å². The average Bonchev–Trinajstić information content (AvgIpc) is 2.41. The lowest BCUT2D eigenvalue weighted by molar-refractivity contribution is 0.623. The summed E-state index contributed by atoms with van der Waals surface area (Å²) in [6.45, 7) is 3.83. The summed E-state index contributed by atoms with van der Waals surface area (Å²) in [5.41, 5.74) is 4.13. The fourth-order valence-corrected chi connectivity index (χ4v) is 1.72. The molecule has 2 rings (SSSR count). The van der Waals surface area contributed by atoms with Crippen LogP contribution in [0.3, 0.4) is 0 Å². The number of anilines is 2. The van der Waals surface area contributed by atoms with Crippen LogP contribution in [0.15, 0.2) is 30.5 Å². The van der Waals surface area contributed by atoms with Gasteiger partial charge in [-0.05, 0) is 31.5 Å².